The highest BCUT2D eigenvalue weighted by molar-refractivity contribution is 7.90. The van der Waals surface area contributed by atoms with Crippen molar-refractivity contribution in [1.82, 2.24) is 5.32 Å². The zero-order chi connectivity index (χ0) is 35.8. The molecule has 13 heteroatoms. The van der Waals surface area contributed by atoms with Crippen molar-refractivity contribution in [2.75, 3.05) is 20.5 Å². The lowest BCUT2D eigenvalue weighted by Crippen LogP contribution is -2.43. The number of esters is 1. The summed E-state index contributed by atoms with van der Waals surface area (Å²) >= 11 is 13.1. The second-order valence-electron chi connectivity index (χ2n) is 11.2. The van der Waals surface area contributed by atoms with E-state index in [0.29, 0.717) is 22.2 Å². The molecule has 0 spiro atoms. The normalized spacial score (nSPS) is 14.1. The molecule has 2 unspecified atom stereocenters. The highest BCUT2D eigenvalue weighted by atomic mass is 35.5. The molecule has 4 rings (SSSR count). The molecule has 4 aromatic carbocycles. The Morgan fingerprint density at radius 2 is 1.55 bits per heavy atom. The van der Waals surface area contributed by atoms with Crippen molar-refractivity contribution in [3.63, 3.8) is 0 Å². The number of halogens is 2. The molecule has 0 bridgehead atoms. The first-order chi connectivity index (χ1) is 23.2. The number of carbonyl (C=O) groups excluding carboxylic acids is 2. The molecule has 0 aromatic heterocycles. The van der Waals surface area contributed by atoms with Gasteiger partial charge in [0.2, 0.25) is 7.37 Å². The molecule has 0 aliphatic rings. The van der Waals surface area contributed by atoms with E-state index in [0.717, 1.165) is 11.8 Å². The molecular formula is C36H36Cl2NO8PS. The average Bonchev–Trinajstić information content (AvgIpc) is 3.08. The highest BCUT2D eigenvalue weighted by Crippen LogP contribution is 2.51. The first-order valence-electron chi connectivity index (χ1n) is 15.0. The third kappa shape index (κ3) is 9.84. The predicted molar refractivity (Wildman–Crippen MR) is 193 cm³/mol. The Bertz CT molecular complexity index is 1980. The van der Waals surface area contributed by atoms with Gasteiger partial charge >= 0.3 is 5.97 Å². The number of benzene rings is 4. The van der Waals surface area contributed by atoms with Gasteiger partial charge in [-0.2, -0.15) is 0 Å². The number of allylic oxidation sites excluding steroid dienone is 1. The van der Waals surface area contributed by atoms with Crippen molar-refractivity contribution >= 4 is 63.7 Å². The molecule has 4 aromatic rings. The molecule has 0 fully saturated rings. The second-order valence-corrected chi connectivity index (χ2v) is 16.9. The summed E-state index contributed by atoms with van der Waals surface area (Å²) < 4.78 is 54.4. The number of amides is 1. The fourth-order valence-electron chi connectivity index (χ4n) is 4.97. The van der Waals surface area contributed by atoms with Crippen molar-refractivity contribution < 1.29 is 36.6 Å². The molecule has 0 heterocycles. The predicted octanol–water partition coefficient (Wildman–Crippen LogP) is 7.14. The summed E-state index contributed by atoms with van der Waals surface area (Å²) in [5.74, 6) is -0.921. The minimum atomic E-state index is -3.52. The van der Waals surface area contributed by atoms with Gasteiger partial charge in [-0.25, -0.2) is 13.2 Å². The van der Waals surface area contributed by atoms with Crippen LogP contribution in [-0.2, 0) is 41.5 Å². The van der Waals surface area contributed by atoms with Gasteiger partial charge in [0.1, 0.15) is 18.4 Å². The van der Waals surface area contributed by atoms with Crippen molar-refractivity contribution in [2.24, 2.45) is 0 Å². The summed E-state index contributed by atoms with van der Waals surface area (Å²) in [5.41, 5.74) is 1.14. The third-order valence-corrected chi connectivity index (χ3v) is 12.2. The van der Waals surface area contributed by atoms with Crippen molar-refractivity contribution in [3.8, 4) is 5.75 Å². The van der Waals surface area contributed by atoms with Gasteiger partial charge in [0.15, 0.2) is 9.84 Å². The van der Waals surface area contributed by atoms with Crippen LogP contribution >= 0.6 is 30.6 Å². The Morgan fingerprint density at radius 1 is 0.898 bits per heavy atom. The average molecular weight is 745 g/mol. The SMILES string of the molecule is COc1cccc(P(=O)(OC)C(C)/C=C/c2cc(Cl)c(C(=O)N[C@@H](Cc3cccc(S(C)(=O)=O)c3)C(=O)OCc3ccccc3)c(Cl)c2)c1. The Hall–Kier alpha value is -3.92. The summed E-state index contributed by atoms with van der Waals surface area (Å²) in [5, 5.41) is 3.18. The summed E-state index contributed by atoms with van der Waals surface area (Å²) in [6.45, 7) is 1.72. The minimum Gasteiger partial charge on any atom is -0.497 e. The van der Waals surface area contributed by atoms with Gasteiger partial charge in [-0.3, -0.25) is 9.36 Å². The number of sulfone groups is 1. The topological polar surface area (TPSA) is 125 Å². The Morgan fingerprint density at radius 3 is 2.18 bits per heavy atom. The van der Waals surface area contributed by atoms with Crippen LogP contribution in [0.4, 0.5) is 0 Å². The first-order valence-corrected chi connectivity index (χ1v) is 19.4. The van der Waals surface area contributed by atoms with Gasteiger partial charge in [-0.15, -0.1) is 0 Å². The fraction of sp³-hybridized carbons (Fsp3) is 0.222. The van der Waals surface area contributed by atoms with E-state index in [2.05, 4.69) is 5.32 Å². The van der Waals surface area contributed by atoms with Crippen molar-refractivity contribution in [1.29, 1.82) is 0 Å². The molecule has 3 atom stereocenters. The van der Waals surface area contributed by atoms with Gasteiger partial charge in [0, 0.05) is 25.1 Å². The van der Waals surface area contributed by atoms with Gasteiger partial charge in [-0.05, 0) is 66.1 Å². The molecule has 0 aliphatic carbocycles. The van der Waals surface area contributed by atoms with Crippen molar-refractivity contribution in [3.05, 3.63) is 129 Å². The molecule has 0 aliphatic heterocycles. The highest BCUT2D eigenvalue weighted by Gasteiger charge is 2.31. The molecule has 0 saturated carbocycles. The third-order valence-electron chi connectivity index (χ3n) is 7.66. The molecule has 1 N–H and O–H groups in total. The van der Waals surface area contributed by atoms with E-state index in [-0.39, 0.29) is 33.5 Å². The minimum absolute atomic E-state index is 0.00972. The summed E-state index contributed by atoms with van der Waals surface area (Å²) in [6, 6.07) is 23.8. The standard InChI is InChI=1S/C36H36Cl2NO8PS/c1-24(48(42,46-3)29-14-9-13-28(22-29)45-2)16-17-27-19-31(37)34(32(38)20-27)35(40)39-33(36(41)47-23-25-10-6-5-7-11-25)21-26-12-8-15-30(18-26)49(4,43)44/h5-20,22,24,33H,21,23H2,1-4H3,(H,39,40)/b17-16+/t24?,33-,48?/m0/s1. The number of ether oxygens (including phenoxy) is 2. The Kier molecular flexibility index (Phi) is 12.9. The Balaban J connectivity index is 1.57. The van der Waals surface area contributed by atoms with Gasteiger partial charge in [0.25, 0.3) is 5.91 Å². The molecule has 0 saturated heterocycles. The smallest absolute Gasteiger partial charge is 0.329 e. The molecule has 49 heavy (non-hydrogen) atoms. The van der Waals surface area contributed by atoms with Crippen LogP contribution in [-0.4, -0.2) is 52.5 Å². The van der Waals surface area contributed by atoms with E-state index < -0.39 is 40.8 Å². The van der Waals surface area contributed by atoms with Crippen LogP contribution in [0.1, 0.15) is 34.0 Å². The number of nitrogens with one attached hydrogen (secondary N) is 1. The van der Waals surface area contributed by atoms with E-state index in [9.17, 15) is 22.6 Å². The van der Waals surface area contributed by atoms with E-state index >= 15 is 0 Å². The number of hydrogen-bond acceptors (Lipinski definition) is 8. The quantitative estimate of drug-likeness (QED) is 0.107. The van der Waals surface area contributed by atoms with Gasteiger partial charge < -0.3 is 19.3 Å². The largest absolute Gasteiger partial charge is 0.497 e. The number of rotatable bonds is 14. The van der Waals surface area contributed by atoms with Crippen LogP contribution in [0, 0.1) is 0 Å². The molecule has 9 nitrogen and oxygen atoms in total. The lowest BCUT2D eigenvalue weighted by Gasteiger charge is -2.21. The van der Waals surface area contributed by atoms with E-state index in [1.807, 2.05) is 6.07 Å². The van der Waals surface area contributed by atoms with Gasteiger partial charge in [-0.1, -0.05) is 83.9 Å². The lowest BCUT2D eigenvalue weighted by atomic mass is 10.0. The van der Waals surface area contributed by atoms with Crippen molar-refractivity contribution in [2.45, 2.75) is 36.5 Å². The second kappa shape index (κ2) is 16.7. The first kappa shape index (κ1) is 37.9. The van der Waals surface area contributed by atoms with Crippen LogP contribution in [0.5, 0.6) is 5.75 Å². The maximum absolute atomic E-state index is 13.8. The molecular weight excluding hydrogens is 708 g/mol. The van der Waals surface area contributed by atoms with Crippen LogP contribution < -0.4 is 15.4 Å². The van der Waals surface area contributed by atoms with E-state index in [4.69, 9.17) is 37.2 Å². The molecule has 258 valence electrons. The van der Waals surface area contributed by atoms with Crippen LogP contribution in [0.15, 0.2) is 102 Å². The number of carbonyl (C=O) groups is 2. The summed E-state index contributed by atoms with van der Waals surface area (Å²) in [4.78, 5) is 27.0. The zero-order valence-electron chi connectivity index (χ0n) is 27.3. The number of methoxy groups -OCH3 is 1. The van der Waals surface area contributed by atoms with Gasteiger partial charge in [0.05, 0.1) is 33.3 Å². The summed E-state index contributed by atoms with van der Waals surface area (Å²) in [6.07, 6.45) is 4.40. The molecule has 0 radical (unpaired) electrons. The van der Waals surface area contributed by atoms with E-state index in [1.165, 1.54) is 38.5 Å². The van der Waals surface area contributed by atoms with Crippen LogP contribution in [0.25, 0.3) is 6.08 Å². The monoisotopic (exact) mass is 743 g/mol. The van der Waals surface area contributed by atoms with Crippen LogP contribution in [0.3, 0.4) is 0 Å². The van der Waals surface area contributed by atoms with Crippen LogP contribution in [0.2, 0.25) is 10.0 Å². The lowest BCUT2D eigenvalue weighted by molar-refractivity contribution is -0.147. The summed E-state index contributed by atoms with van der Waals surface area (Å²) in [7, 11) is -3.94. The van der Waals surface area contributed by atoms with E-state index in [1.54, 1.807) is 79.7 Å². The zero-order valence-corrected chi connectivity index (χ0v) is 30.5. The maximum atomic E-state index is 13.8. The number of hydrogen-bond donors (Lipinski definition) is 1. The molecule has 1 amide bonds. The maximum Gasteiger partial charge on any atom is 0.329 e. The Labute approximate surface area is 296 Å². The fourth-order valence-corrected chi connectivity index (χ4v) is 8.27.